The zero-order chi connectivity index (χ0) is 36.8. The molecule has 0 fully saturated rings. The molecule has 0 spiro atoms. The number of phosphoric ester groups is 1. The molecule has 294 valence electrons. The lowest BCUT2D eigenvalue weighted by Crippen LogP contribution is -2.29. The molecule has 0 aromatic carbocycles. The Balaban J connectivity index is 4.18. The molecular formula is C40H76NO8P. The first-order chi connectivity index (χ1) is 24.3. The molecule has 50 heavy (non-hydrogen) atoms. The van der Waals surface area contributed by atoms with Gasteiger partial charge < -0.3 is 20.1 Å². The van der Waals surface area contributed by atoms with E-state index in [1.807, 2.05) is 0 Å². The normalized spacial score (nSPS) is 13.6. The quantitative estimate of drug-likeness (QED) is 0.0275. The first-order valence-electron chi connectivity index (χ1n) is 20.3. The van der Waals surface area contributed by atoms with Crippen LogP contribution in [0.25, 0.3) is 0 Å². The summed E-state index contributed by atoms with van der Waals surface area (Å²) in [5.41, 5.74) is 5.33. The van der Waals surface area contributed by atoms with Gasteiger partial charge in [0, 0.05) is 19.4 Å². The summed E-state index contributed by atoms with van der Waals surface area (Å²) in [7, 11) is -4.37. The summed E-state index contributed by atoms with van der Waals surface area (Å²) in [4.78, 5) is 34.7. The number of carbonyl (C=O) groups excluding carboxylic acids is 2. The monoisotopic (exact) mass is 730 g/mol. The minimum absolute atomic E-state index is 0.0524. The second-order valence-electron chi connectivity index (χ2n) is 13.5. The van der Waals surface area contributed by atoms with Crippen LogP contribution in [-0.2, 0) is 32.7 Å². The number of hydrogen-bond acceptors (Lipinski definition) is 8. The Morgan fingerprint density at radius 3 is 1.46 bits per heavy atom. The van der Waals surface area contributed by atoms with E-state index in [1.54, 1.807) is 0 Å². The Bertz CT molecular complexity index is 881. The molecule has 1 unspecified atom stereocenters. The third kappa shape index (κ3) is 36.3. The third-order valence-electron chi connectivity index (χ3n) is 8.56. The fourth-order valence-corrected chi connectivity index (χ4v) is 6.27. The minimum atomic E-state index is -4.37. The largest absolute Gasteiger partial charge is 0.472 e. The highest BCUT2D eigenvalue weighted by Crippen LogP contribution is 2.43. The van der Waals surface area contributed by atoms with Crippen molar-refractivity contribution in [3.63, 3.8) is 0 Å². The lowest BCUT2D eigenvalue weighted by molar-refractivity contribution is -0.161. The average molecular weight is 730 g/mol. The Hall–Kier alpha value is -1.51. The summed E-state index contributed by atoms with van der Waals surface area (Å²) < 4.78 is 32.7. The van der Waals surface area contributed by atoms with Crippen molar-refractivity contribution in [1.82, 2.24) is 0 Å². The predicted octanol–water partition coefficient (Wildman–Crippen LogP) is 11.2. The second kappa shape index (κ2) is 37.3. The first kappa shape index (κ1) is 48.5. The fraction of sp³-hybridized carbons (Fsp3) is 0.850. The lowest BCUT2D eigenvalue weighted by Gasteiger charge is -2.19. The van der Waals surface area contributed by atoms with Gasteiger partial charge >= 0.3 is 19.8 Å². The molecule has 2 atom stereocenters. The van der Waals surface area contributed by atoms with Crippen molar-refractivity contribution < 1.29 is 37.6 Å². The Labute approximate surface area is 306 Å². The van der Waals surface area contributed by atoms with E-state index in [0.29, 0.717) is 6.42 Å². The summed E-state index contributed by atoms with van der Waals surface area (Å²) in [5, 5.41) is 0. The summed E-state index contributed by atoms with van der Waals surface area (Å²) >= 11 is 0. The molecule has 0 radical (unpaired) electrons. The van der Waals surface area contributed by atoms with E-state index in [4.69, 9.17) is 24.3 Å². The first-order valence-corrected chi connectivity index (χ1v) is 21.8. The van der Waals surface area contributed by atoms with E-state index in [2.05, 4.69) is 38.2 Å². The average Bonchev–Trinajstić information content (AvgIpc) is 3.10. The number of allylic oxidation sites excluding steroid dienone is 4. The highest BCUT2D eigenvalue weighted by Gasteiger charge is 2.26. The van der Waals surface area contributed by atoms with Gasteiger partial charge in [-0.15, -0.1) is 0 Å². The Morgan fingerprint density at radius 2 is 0.980 bits per heavy atom. The Morgan fingerprint density at radius 1 is 0.580 bits per heavy atom. The maximum absolute atomic E-state index is 12.5. The second-order valence-corrected chi connectivity index (χ2v) is 14.9. The number of esters is 2. The van der Waals surface area contributed by atoms with Gasteiger partial charge in [-0.1, -0.05) is 134 Å². The van der Waals surface area contributed by atoms with Gasteiger partial charge in [0.2, 0.25) is 0 Å². The fourth-order valence-electron chi connectivity index (χ4n) is 5.51. The highest BCUT2D eigenvalue weighted by atomic mass is 31.2. The van der Waals surface area contributed by atoms with Gasteiger partial charge in [-0.05, 0) is 64.2 Å². The van der Waals surface area contributed by atoms with Crippen LogP contribution in [0.15, 0.2) is 24.3 Å². The van der Waals surface area contributed by atoms with E-state index in [-0.39, 0.29) is 32.6 Å². The Kier molecular flexibility index (Phi) is 36.1. The highest BCUT2D eigenvalue weighted by molar-refractivity contribution is 7.47. The number of rotatable bonds is 38. The zero-order valence-electron chi connectivity index (χ0n) is 32.1. The number of ether oxygens (including phenoxy) is 2. The van der Waals surface area contributed by atoms with Crippen LogP contribution in [0, 0.1) is 0 Å². The number of nitrogens with two attached hydrogens (primary N) is 1. The van der Waals surface area contributed by atoms with Gasteiger partial charge in [-0.3, -0.25) is 18.6 Å². The van der Waals surface area contributed by atoms with Crippen molar-refractivity contribution >= 4 is 19.8 Å². The maximum atomic E-state index is 12.5. The van der Waals surface area contributed by atoms with Crippen molar-refractivity contribution in [3.05, 3.63) is 24.3 Å². The van der Waals surface area contributed by atoms with Crippen molar-refractivity contribution in [2.24, 2.45) is 5.73 Å². The molecule has 0 saturated carbocycles. The SMILES string of the molecule is CCCCC/C=C\CCCCCCCC(=O)OC[C@H](COP(=O)(O)OCCN)OC(=O)CCCCCCCCC/C=C\CCCCCCCC. The van der Waals surface area contributed by atoms with Gasteiger partial charge in [0.25, 0.3) is 0 Å². The molecule has 0 aromatic rings. The molecular weight excluding hydrogens is 653 g/mol. The van der Waals surface area contributed by atoms with Crippen LogP contribution in [0.4, 0.5) is 0 Å². The number of hydrogen-bond donors (Lipinski definition) is 2. The summed E-state index contributed by atoms with van der Waals surface area (Å²) in [6, 6.07) is 0. The number of unbranched alkanes of at least 4 members (excludes halogenated alkanes) is 21. The summed E-state index contributed by atoms with van der Waals surface area (Å²) in [6.45, 7) is 3.69. The van der Waals surface area contributed by atoms with Crippen molar-refractivity contribution in [1.29, 1.82) is 0 Å². The van der Waals surface area contributed by atoms with Crippen LogP contribution in [0.1, 0.15) is 187 Å². The van der Waals surface area contributed by atoms with Gasteiger partial charge in [0.1, 0.15) is 6.61 Å². The molecule has 0 aliphatic carbocycles. The molecule has 10 heteroatoms. The topological polar surface area (TPSA) is 134 Å². The summed E-state index contributed by atoms with van der Waals surface area (Å²) in [6.07, 6.45) is 37.7. The molecule has 0 aliphatic rings. The van der Waals surface area contributed by atoms with Crippen LogP contribution in [0.5, 0.6) is 0 Å². The summed E-state index contributed by atoms with van der Waals surface area (Å²) in [5.74, 6) is -0.842. The minimum Gasteiger partial charge on any atom is -0.462 e. The van der Waals surface area contributed by atoms with E-state index in [9.17, 15) is 19.0 Å². The van der Waals surface area contributed by atoms with E-state index in [1.165, 1.54) is 89.9 Å². The predicted molar refractivity (Wildman–Crippen MR) is 206 cm³/mol. The van der Waals surface area contributed by atoms with Crippen LogP contribution < -0.4 is 5.73 Å². The number of phosphoric acid groups is 1. The molecule has 0 bridgehead atoms. The molecule has 0 rings (SSSR count). The van der Waals surface area contributed by atoms with Gasteiger partial charge in [-0.25, -0.2) is 4.57 Å². The molecule has 0 heterocycles. The van der Waals surface area contributed by atoms with Crippen LogP contribution >= 0.6 is 7.82 Å². The van der Waals surface area contributed by atoms with Crippen molar-refractivity contribution in [2.75, 3.05) is 26.4 Å². The maximum Gasteiger partial charge on any atom is 0.472 e. The third-order valence-corrected chi connectivity index (χ3v) is 9.54. The zero-order valence-corrected chi connectivity index (χ0v) is 33.0. The smallest absolute Gasteiger partial charge is 0.462 e. The standard InChI is InChI=1S/C40H76NO8P/c1-3-5-7-9-11-13-15-17-18-19-20-21-23-25-27-29-31-33-40(43)49-38(37-48-50(44,45)47-35-34-41)36-46-39(42)32-30-28-26-24-22-16-14-12-10-8-6-4-2/h12,14,17-18,38H,3-11,13,15-16,19-37,41H2,1-2H3,(H,44,45)/b14-12-,18-17-/t38-/m1/s1. The van der Waals surface area contributed by atoms with E-state index >= 15 is 0 Å². The van der Waals surface area contributed by atoms with Gasteiger partial charge in [0.15, 0.2) is 6.10 Å². The van der Waals surface area contributed by atoms with Gasteiger partial charge in [-0.2, -0.15) is 0 Å². The number of carbonyl (C=O) groups is 2. The molecule has 0 saturated heterocycles. The molecule has 0 aromatic heterocycles. The van der Waals surface area contributed by atoms with Gasteiger partial charge in [0.05, 0.1) is 13.2 Å². The van der Waals surface area contributed by atoms with E-state index in [0.717, 1.165) is 64.2 Å². The molecule has 0 aliphatic heterocycles. The molecule has 0 amide bonds. The molecule has 3 N–H and O–H groups in total. The van der Waals surface area contributed by atoms with Crippen LogP contribution in [0.3, 0.4) is 0 Å². The van der Waals surface area contributed by atoms with Crippen molar-refractivity contribution in [3.8, 4) is 0 Å². The van der Waals surface area contributed by atoms with Crippen LogP contribution in [-0.4, -0.2) is 49.3 Å². The van der Waals surface area contributed by atoms with Crippen molar-refractivity contribution in [2.45, 2.75) is 193 Å². The van der Waals surface area contributed by atoms with Crippen LogP contribution in [0.2, 0.25) is 0 Å². The lowest BCUT2D eigenvalue weighted by atomic mass is 10.1. The molecule has 9 nitrogen and oxygen atoms in total. The van der Waals surface area contributed by atoms with E-state index < -0.39 is 32.5 Å².